The Morgan fingerprint density at radius 1 is 0.480 bits per heavy atom. The summed E-state index contributed by atoms with van der Waals surface area (Å²) in [7, 11) is -3.06. The zero-order valence-electron chi connectivity index (χ0n) is 63.6. The van der Waals surface area contributed by atoms with E-state index < -0.39 is 113 Å². The number of unbranched alkanes of at least 4 members (excludes halogenated alkanes) is 30. The first kappa shape index (κ1) is 93.8. The number of carbonyl (C=O) groups is 5. The maximum Gasteiger partial charge on any atom is 0.509 e. The molecule has 0 unspecified atom stereocenters. The highest BCUT2D eigenvalue weighted by Crippen LogP contribution is 2.53. The Morgan fingerprint density at radius 3 is 1.51 bits per heavy atom. The largest absolute Gasteiger partial charge is 0.509 e. The van der Waals surface area contributed by atoms with E-state index in [4.69, 9.17) is 65.7 Å². The van der Waals surface area contributed by atoms with Gasteiger partial charge < -0.3 is 62.5 Å². The Morgan fingerprint density at radius 2 is 0.961 bits per heavy atom. The lowest BCUT2D eigenvalue weighted by molar-refractivity contribution is -0.324. The standard InChI is InChI=1S/C79H138NO21P/c1-10-18-22-26-29-32-33-34-35-36-37-39-41-45-49-53-69(83)99-75-74(90-60-54-65(88-9)52-48-43-25-21-13-4)72(101-102(87,95-57-16-7)96-58-17-8)67(63-94-78(85)91-55-14-5)98-77(75)93-62-66-71(100-79(86)92-56-15-6)73(89-59-50-46-42-31-28-24-20-12-3)70(76(84)97-66)80-68(82)61-64(81)51-47-44-40-38-30-27-23-19-11-2/h14-17,32-33,65-67,70-77,84H,5-8,10-13,18-31,34-63H2,1-4,9H3,(H,80,82)/b33-32-/t65-,66-,67-,70-,71-,72-,73-,74+,75-,76+,77-/m1/s1. The number of aliphatic hydroxyl groups excluding tert-OH is 1. The summed E-state index contributed by atoms with van der Waals surface area (Å²) < 4.78 is 100. The monoisotopic (exact) mass is 1470 g/mol. The predicted molar refractivity (Wildman–Crippen MR) is 398 cm³/mol. The van der Waals surface area contributed by atoms with Crippen LogP contribution in [-0.4, -0.2) is 162 Å². The summed E-state index contributed by atoms with van der Waals surface area (Å²) in [4.78, 5) is 68.8. The van der Waals surface area contributed by atoms with Crippen LogP contribution in [0.4, 0.5) is 9.59 Å². The number of allylic oxidation sites excluding steroid dienone is 2. The van der Waals surface area contributed by atoms with Crippen molar-refractivity contribution >= 4 is 37.8 Å². The van der Waals surface area contributed by atoms with Crippen molar-refractivity contribution in [2.75, 3.05) is 60.0 Å². The number of hydrogen-bond acceptors (Lipinski definition) is 21. The minimum absolute atomic E-state index is 0.0319. The first-order valence-electron chi connectivity index (χ1n) is 39.3. The Hall–Kier alpha value is -4.32. The molecule has 102 heavy (non-hydrogen) atoms. The van der Waals surface area contributed by atoms with Gasteiger partial charge in [-0.15, -0.1) is 13.2 Å². The van der Waals surface area contributed by atoms with E-state index in [0.29, 0.717) is 32.1 Å². The van der Waals surface area contributed by atoms with Gasteiger partial charge >= 0.3 is 26.1 Å². The van der Waals surface area contributed by atoms with Crippen molar-refractivity contribution in [1.29, 1.82) is 0 Å². The number of amides is 1. The first-order valence-corrected chi connectivity index (χ1v) is 40.8. The summed E-state index contributed by atoms with van der Waals surface area (Å²) >= 11 is 0. The van der Waals surface area contributed by atoms with Gasteiger partial charge in [-0.05, 0) is 57.8 Å². The highest BCUT2D eigenvalue weighted by atomic mass is 31.2. The molecule has 2 N–H and O–H groups in total. The van der Waals surface area contributed by atoms with Crippen LogP contribution in [0, 0.1) is 0 Å². The Kier molecular flexibility index (Phi) is 57.8. The number of rotatable bonds is 68. The van der Waals surface area contributed by atoms with Crippen LogP contribution in [0.25, 0.3) is 0 Å². The minimum atomic E-state index is -4.68. The number of ether oxygens (including phenoxy) is 11. The van der Waals surface area contributed by atoms with Crippen LogP contribution < -0.4 is 5.32 Å². The molecular weight excluding hydrogens is 1330 g/mol. The molecule has 2 saturated heterocycles. The van der Waals surface area contributed by atoms with Crippen LogP contribution in [0.5, 0.6) is 0 Å². The van der Waals surface area contributed by atoms with Crippen molar-refractivity contribution in [2.24, 2.45) is 0 Å². The number of phosphoric ester groups is 1. The van der Waals surface area contributed by atoms with E-state index in [1.165, 1.54) is 75.7 Å². The van der Waals surface area contributed by atoms with Crippen LogP contribution in [0.1, 0.15) is 285 Å². The molecule has 0 saturated carbocycles. The molecule has 23 heteroatoms. The van der Waals surface area contributed by atoms with Gasteiger partial charge in [-0.25, -0.2) is 14.2 Å². The predicted octanol–water partition coefficient (Wildman–Crippen LogP) is 18.4. The Bertz CT molecular complexity index is 2260. The van der Waals surface area contributed by atoms with Crippen molar-refractivity contribution in [3.63, 3.8) is 0 Å². The molecule has 2 aliphatic heterocycles. The second-order valence-electron chi connectivity index (χ2n) is 26.9. The third-order valence-electron chi connectivity index (χ3n) is 18.0. The molecule has 590 valence electrons. The lowest BCUT2D eigenvalue weighted by Gasteiger charge is -2.47. The Labute approximate surface area is 614 Å². The molecule has 0 spiro atoms. The number of esters is 1. The molecule has 2 fully saturated rings. The van der Waals surface area contributed by atoms with Crippen LogP contribution in [0.2, 0.25) is 0 Å². The number of aliphatic hydroxyl groups is 1. The summed E-state index contributed by atoms with van der Waals surface area (Å²) in [6, 6.07) is -1.40. The smallest absolute Gasteiger partial charge is 0.454 e. The van der Waals surface area contributed by atoms with Crippen LogP contribution in [0.3, 0.4) is 0 Å². The highest BCUT2D eigenvalue weighted by Gasteiger charge is 2.55. The zero-order chi connectivity index (χ0) is 74.5. The maximum absolute atomic E-state index is 14.8. The van der Waals surface area contributed by atoms with Gasteiger partial charge in [-0.1, -0.05) is 257 Å². The molecule has 2 heterocycles. The van der Waals surface area contributed by atoms with E-state index in [9.17, 15) is 33.6 Å². The number of nitrogens with one attached hydrogen (secondary N) is 1. The molecule has 0 aliphatic carbocycles. The molecule has 0 aromatic rings. The average Bonchev–Trinajstić information content (AvgIpc) is 0.782. The molecule has 0 bridgehead atoms. The molecule has 0 aromatic heterocycles. The van der Waals surface area contributed by atoms with Gasteiger partial charge in [0.25, 0.3) is 0 Å². The zero-order valence-corrected chi connectivity index (χ0v) is 64.5. The van der Waals surface area contributed by atoms with Crippen LogP contribution in [0.15, 0.2) is 62.8 Å². The van der Waals surface area contributed by atoms with E-state index in [-0.39, 0.29) is 64.4 Å². The molecule has 0 aromatic carbocycles. The van der Waals surface area contributed by atoms with Crippen molar-refractivity contribution in [3.8, 4) is 0 Å². The van der Waals surface area contributed by atoms with Gasteiger partial charge in [-0.3, -0.25) is 28.0 Å². The number of methoxy groups -OCH3 is 1. The number of phosphoric acid groups is 1. The normalized spacial score (nSPS) is 20.9. The van der Waals surface area contributed by atoms with Crippen molar-refractivity contribution < 1.29 is 99.3 Å². The quantitative estimate of drug-likeness (QED) is 0.0143. The van der Waals surface area contributed by atoms with Gasteiger partial charge in [0.05, 0.1) is 32.3 Å². The van der Waals surface area contributed by atoms with E-state index >= 15 is 0 Å². The highest BCUT2D eigenvalue weighted by molar-refractivity contribution is 7.48. The first-order chi connectivity index (χ1) is 49.7. The number of carbonyl (C=O) groups excluding carboxylic acids is 5. The van der Waals surface area contributed by atoms with Crippen molar-refractivity contribution in [2.45, 2.75) is 352 Å². The second-order valence-corrected chi connectivity index (χ2v) is 28.5. The SMILES string of the molecule is C=CCOC(=O)OC[C@H]1O[C@@H](OC[C@H]2O[C@H](O)[C@H](NC(=O)CC(=O)CCCCCCCCCCC)[C@@H](OCCCCCCCCCC)[C@@H]2OC(=O)OCC=C)[C@H](OC(=O)CCCCCCCCC/C=C\CCCCCC)[C@@H](OCC[C@@H](CCCCCCC)OC)[C@@H]1OP(=O)(OCC=C)OCC=C. The average molecular weight is 1470 g/mol. The number of ketones is 1. The Balaban J connectivity index is 2.77. The number of Topliss-reactive ketones (excluding diaryl/α,β-unsaturated/α-hetero) is 1. The second kappa shape index (κ2) is 62.8. The van der Waals surface area contributed by atoms with E-state index in [1.54, 1.807) is 7.11 Å². The third kappa shape index (κ3) is 44.6. The van der Waals surface area contributed by atoms with E-state index in [1.807, 2.05) is 0 Å². The molecule has 2 aliphatic rings. The molecule has 2 rings (SSSR count). The lowest BCUT2D eigenvalue weighted by Crippen LogP contribution is -2.67. The summed E-state index contributed by atoms with van der Waals surface area (Å²) in [5, 5.41) is 14.9. The summed E-state index contributed by atoms with van der Waals surface area (Å²) in [5.74, 6) is -1.64. The van der Waals surface area contributed by atoms with E-state index in [2.05, 4.69) is 71.5 Å². The molecular formula is C79H138NO21P. The van der Waals surface area contributed by atoms with Crippen LogP contribution >= 0.6 is 7.82 Å². The van der Waals surface area contributed by atoms with Gasteiger partial charge in [0, 0.05) is 33.2 Å². The fourth-order valence-electron chi connectivity index (χ4n) is 12.3. The minimum Gasteiger partial charge on any atom is -0.454 e. The number of hydrogen-bond donors (Lipinski definition) is 2. The van der Waals surface area contributed by atoms with Crippen LogP contribution in [-0.2, 0) is 84.6 Å². The topological polar surface area (TPSA) is 264 Å². The van der Waals surface area contributed by atoms with E-state index in [0.717, 1.165) is 154 Å². The maximum atomic E-state index is 14.8. The summed E-state index contributed by atoms with van der Waals surface area (Å²) in [6.07, 6.45) is 30.2. The molecule has 0 radical (unpaired) electrons. The van der Waals surface area contributed by atoms with Crippen molar-refractivity contribution in [1.82, 2.24) is 5.32 Å². The molecule has 1 amide bonds. The van der Waals surface area contributed by atoms with Gasteiger partial charge in [0.1, 0.15) is 62.2 Å². The van der Waals surface area contributed by atoms with Gasteiger partial charge in [0.2, 0.25) is 5.91 Å². The third-order valence-corrected chi connectivity index (χ3v) is 19.5. The summed E-state index contributed by atoms with van der Waals surface area (Å²) in [5.41, 5.74) is 0. The van der Waals surface area contributed by atoms with Crippen molar-refractivity contribution in [3.05, 3.63) is 62.8 Å². The fourth-order valence-corrected chi connectivity index (χ4v) is 13.6. The van der Waals surface area contributed by atoms with Gasteiger partial charge in [0.15, 0.2) is 24.8 Å². The summed E-state index contributed by atoms with van der Waals surface area (Å²) in [6.45, 7) is 21.1. The molecule has 11 atom stereocenters. The lowest BCUT2D eigenvalue weighted by atomic mass is 9.95. The molecule has 22 nitrogen and oxygen atoms in total. The van der Waals surface area contributed by atoms with Gasteiger partial charge in [-0.2, -0.15) is 0 Å². The fraction of sp³-hybridized carbons (Fsp3) is 0.810.